The Labute approximate surface area is 150 Å². The minimum atomic E-state index is -0.672. The van der Waals surface area contributed by atoms with Crippen LogP contribution in [0, 0.1) is 11.6 Å². The number of rotatable bonds is 4. The summed E-state index contributed by atoms with van der Waals surface area (Å²) < 4.78 is 26.8. The van der Waals surface area contributed by atoms with Crippen molar-refractivity contribution in [1.29, 1.82) is 0 Å². The third kappa shape index (κ3) is 4.16. The molecule has 1 aromatic carbocycles. The molecule has 2 heterocycles. The van der Waals surface area contributed by atoms with Gasteiger partial charge in [-0.2, -0.15) is 0 Å². The first-order chi connectivity index (χ1) is 12.6. The minimum Gasteiger partial charge on any atom is -0.369 e. The molecular formula is C17H20F2N6O. The van der Waals surface area contributed by atoms with E-state index in [1.54, 1.807) is 4.90 Å². The maximum Gasteiger partial charge on any atom is 0.322 e. The summed E-state index contributed by atoms with van der Waals surface area (Å²) in [7, 11) is 0. The molecular weight excluding hydrogens is 342 g/mol. The van der Waals surface area contributed by atoms with Crippen LogP contribution in [0.4, 0.5) is 30.9 Å². The zero-order valence-corrected chi connectivity index (χ0v) is 14.4. The molecule has 0 atom stereocenters. The van der Waals surface area contributed by atoms with Gasteiger partial charge >= 0.3 is 6.03 Å². The molecule has 2 amide bonds. The Morgan fingerprint density at radius 2 is 1.88 bits per heavy atom. The van der Waals surface area contributed by atoms with E-state index < -0.39 is 17.7 Å². The molecule has 1 aromatic heterocycles. The third-order valence-electron chi connectivity index (χ3n) is 4.07. The van der Waals surface area contributed by atoms with Crippen LogP contribution in [-0.4, -0.2) is 53.9 Å². The molecule has 2 aromatic rings. The molecule has 1 aliphatic rings. The van der Waals surface area contributed by atoms with Crippen molar-refractivity contribution in [2.45, 2.75) is 6.92 Å². The smallest absolute Gasteiger partial charge is 0.322 e. The first-order valence-corrected chi connectivity index (χ1v) is 8.40. The highest BCUT2D eigenvalue weighted by atomic mass is 19.1. The zero-order chi connectivity index (χ0) is 18.5. The first-order valence-electron chi connectivity index (χ1n) is 8.40. The quantitative estimate of drug-likeness (QED) is 0.874. The van der Waals surface area contributed by atoms with Gasteiger partial charge < -0.3 is 20.4 Å². The van der Waals surface area contributed by atoms with Gasteiger partial charge in [-0.25, -0.2) is 13.6 Å². The Balaban J connectivity index is 1.56. The molecule has 0 aliphatic carbocycles. The molecule has 3 rings (SSSR count). The van der Waals surface area contributed by atoms with E-state index in [0.717, 1.165) is 30.6 Å². The van der Waals surface area contributed by atoms with Crippen LogP contribution < -0.4 is 15.5 Å². The van der Waals surface area contributed by atoms with E-state index in [2.05, 4.69) is 20.8 Å². The normalized spacial score (nSPS) is 14.3. The summed E-state index contributed by atoms with van der Waals surface area (Å²) in [5.41, 5.74) is -0.165. The highest BCUT2D eigenvalue weighted by Gasteiger charge is 2.23. The highest BCUT2D eigenvalue weighted by molar-refractivity contribution is 5.89. The van der Waals surface area contributed by atoms with E-state index >= 15 is 0 Å². The van der Waals surface area contributed by atoms with E-state index in [4.69, 9.17) is 0 Å². The second-order valence-corrected chi connectivity index (χ2v) is 5.84. The van der Waals surface area contributed by atoms with Gasteiger partial charge in [0.1, 0.15) is 17.5 Å². The van der Waals surface area contributed by atoms with Crippen LogP contribution in [0.15, 0.2) is 30.3 Å². The van der Waals surface area contributed by atoms with Gasteiger partial charge in [-0.05, 0) is 31.2 Å². The average molecular weight is 362 g/mol. The number of carbonyl (C=O) groups excluding carboxylic acids is 1. The largest absolute Gasteiger partial charge is 0.369 e. The number of anilines is 3. The van der Waals surface area contributed by atoms with Gasteiger partial charge in [0, 0.05) is 38.8 Å². The lowest BCUT2D eigenvalue weighted by atomic mass is 10.3. The van der Waals surface area contributed by atoms with Gasteiger partial charge in [0.2, 0.25) is 0 Å². The monoisotopic (exact) mass is 362 g/mol. The standard InChI is InChI=1S/C17H20F2N6O/c1-2-20-15-5-6-16(23-22-15)24-7-9-25(10-8-24)17(26)21-14-11-12(18)3-4-13(14)19/h3-6,11H,2,7-10H2,1H3,(H,20,22)(H,21,26). The number of amides is 2. The summed E-state index contributed by atoms with van der Waals surface area (Å²) >= 11 is 0. The second-order valence-electron chi connectivity index (χ2n) is 5.84. The van der Waals surface area contributed by atoms with Crippen LogP contribution in [0.3, 0.4) is 0 Å². The lowest BCUT2D eigenvalue weighted by molar-refractivity contribution is 0.208. The third-order valence-corrected chi connectivity index (χ3v) is 4.07. The van der Waals surface area contributed by atoms with Crippen molar-refractivity contribution in [3.63, 3.8) is 0 Å². The Hall–Kier alpha value is -2.97. The van der Waals surface area contributed by atoms with Gasteiger partial charge in [0.15, 0.2) is 5.82 Å². The van der Waals surface area contributed by atoms with Crippen LogP contribution in [0.25, 0.3) is 0 Å². The number of nitrogens with zero attached hydrogens (tertiary/aromatic N) is 4. The summed E-state index contributed by atoms with van der Waals surface area (Å²) in [5, 5.41) is 13.8. The number of hydrogen-bond donors (Lipinski definition) is 2. The minimum absolute atomic E-state index is 0.165. The van der Waals surface area contributed by atoms with E-state index in [0.29, 0.717) is 32.0 Å². The molecule has 2 N–H and O–H groups in total. The van der Waals surface area contributed by atoms with Crippen molar-refractivity contribution < 1.29 is 13.6 Å². The molecule has 0 saturated carbocycles. The van der Waals surface area contributed by atoms with Crippen molar-refractivity contribution in [3.8, 4) is 0 Å². The van der Waals surface area contributed by atoms with Gasteiger partial charge in [0.05, 0.1) is 5.69 Å². The highest BCUT2D eigenvalue weighted by Crippen LogP contribution is 2.18. The number of aromatic nitrogens is 2. The average Bonchev–Trinajstić information content (AvgIpc) is 2.66. The molecule has 138 valence electrons. The Morgan fingerprint density at radius 1 is 1.12 bits per heavy atom. The van der Waals surface area contributed by atoms with Gasteiger partial charge in [-0.3, -0.25) is 0 Å². The lowest BCUT2D eigenvalue weighted by Gasteiger charge is -2.35. The van der Waals surface area contributed by atoms with E-state index in [9.17, 15) is 13.6 Å². The summed E-state index contributed by atoms with van der Waals surface area (Å²) in [6.07, 6.45) is 0. The van der Waals surface area contributed by atoms with Crippen LogP contribution in [0.2, 0.25) is 0 Å². The Morgan fingerprint density at radius 3 is 2.54 bits per heavy atom. The lowest BCUT2D eigenvalue weighted by Crippen LogP contribution is -2.50. The molecule has 1 fully saturated rings. The summed E-state index contributed by atoms with van der Waals surface area (Å²) in [4.78, 5) is 15.8. The number of halogens is 2. The number of urea groups is 1. The zero-order valence-electron chi connectivity index (χ0n) is 14.4. The second kappa shape index (κ2) is 7.94. The van der Waals surface area contributed by atoms with Gasteiger partial charge in [0.25, 0.3) is 0 Å². The van der Waals surface area contributed by atoms with Crippen LogP contribution in [0.5, 0.6) is 0 Å². The van der Waals surface area contributed by atoms with Crippen LogP contribution in [-0.2, 0) is 0 Å². The fraction of sp³-hybridized carbons (Fsp3) is 0.353. The SMILES string of the molecule is CCNc1ccc(N2CCN(C(=O)Nc3cc(F)ccc3F)CC2)nn1. The molecule has 1 aliphatic heterocycles. The van der Waals surface area contributed by atoms with Crippen molar-refractivity contribution in [1.82, 2.24) is 15.1 Å². The van der Waals surface area contributed by atoms with E-state index in [1.165, 1.54) is 0 Å². The molecule has 0 spiro atoms. The van der Waals surface area contributed by atoms with Crippen molar-refractivity contribution >= 4 is 23.4 Å². The van der Waals surface area contributed by atoms with Gasteiger partial charge in [-0.15, -0.1) is 10.2 Å². The van der Waals surface area contributed by atoms with Crippen molar-refractivity contribution in [2.24, 2.45) is 0 Å². The number of nitrogens with one attached hydrogen (secondary N) is 2. The molecule has 0 unspecified atom stereocenters. The fourth-order valence-corrected chi connectivity index (χ4v) is 2.70. The Bertz CT molecular complexity index is 762. The predicted octanol–water partition coefficient (Wildman–Crippen LogP) is 2.54. The summed E-state index contributed by atoms with van der Waals surface area (Å²) in [6, 6.07) is 6.23. The molecule has 0 radical (unpaired) electrons. The van der Waals surface area contributed by atoms with Crippen LogP contribution in [0.1, 0.15) is 6.92 Å². The van der Waals surface area contributed by atoms with E-state index in [-0.39, 0.29) is 5.69 Å². The number of hydrogen-bond acceptors (Lipinski definition) is 5. The number of benzene rings is 1. The predicted molar refractivity (Wildman–Crippen MR) is 95.4 cm³/mol. The maximum absolute atomic E-state index is 13.6. The van der Waals surface area contributed by atoms with Gasteiger partial charge in [-0.1, -0.05) is 0 Å². The van der Waals surface area contributed by atoms with Crippen LogP contribution >= 0.6 is 0 Å². The summed E-state index contributed by atoms with van der Waals surface area (Å²) in [5.74, 6) is 0.176. The number of carbonyl (C=O) groups is 1. The molecule has 1 saturated heterocycles. The maximum atomic E-state index is 13.6. The fourth-order valence-electron chi connectivity index (χ4n) is 2.70. The first kappa shape index (κ1) is 17.8. The van der Waals surface area contributed by atoms with Crippen molar-refractivity contribution in [3.05, 3.63) is 42.0 Å². The molecule has 26 heavy (non-hydrogen) atoms. The topological polar surface area (TPSA) is 73.4 Å². The molecule has 7 nitrogen and oxygen atoms in total. The Kier molecular flexibility index (Phi) is 5.45. The molecule has 0 bridgehead atoms. The van der Waals surface area contributed by atoms with Crippen molar-refractivity contribution in [2.75, 3.05) is 48.3 Å². The molecule has 9 heteroatoms. The number of piperazine rings is 1. The summed E-state index contributed by atoms with van der Waals surface area (Å²) in [6.45, 7) is 4.80. The van der Waals surface area contributed by atoms with E-state index in [1.807, 2.05) is 24.0 Å².